The van der Waals surface area contributed by atoms with Crippen molar-refractivity contribution >= 4 is 0 Å². The Bertz CT molecular complexity index is 184. The van der Waals surface area contributed by atoms with Crippen LogP contribution < -0.4 is 5.73 Å². The van der Waals surface area contributed by atoms with Gasteiger partial charge >= 0.3 is 0 Å². The fraction of sp³-hybridized carbons (Fsp3) is 1.00. The summed E-state index contributed by atoms with van der Waals surface area (Å²) < 4.78 is 10.5. The maximum atomic E-state index is 5.93. The minimum Gasteiger partial charge on any atom is -0.356 e. The number of likely N-dealkylation sites (N-methyl/N-ethyl adjacent to an activating group) is 1. The SMILES string of the molecule is CCN(C(C)C)C(C)(CN)CC(OC)OC. The number of ether oxygens (including phenoxy) is 2. The largest absolute Gasteiger partial charge is 0.356 e. The summed E-state index contributed by atoms with van der Waals surface area (Å²) in [6.07, 6.45) is 0.587. The van der Waals surface area contributed by atoms with E-state index >= 15 is 0 Å². The molecule has 0 heterocycles. The first kappa shape index (κ1) is 15.8. The van der Waals surface area contributed by atoms with Gasteiger partial charge in [-0.05, 0) is 27.3 Å². The maximum Gasteiger partial charge on any atom is 0.158 e. The molecule has 1 unspecified atom stereocenters. The Hall–Kier alpha value is -0.160. The van der Waals surface area contributed by atoms with Crippen molar-refractivity contribution in [2.24, 2.45) is 5.73 Å². The Morgan fingerprint density at radius 3 is 2.00 bits per heavy atom. The van der Waals surface area contributed by atoms with E-state index in [1.807, 2.05) is 0 Å². The van der Waals surface area contributed by atoms with Crippen molar-refractivity contribution in [3.05, 3.63) is 0 Å². The van der Waals surface area contributed by atoms with E-state index in [0.717, 1.165) is 13.0 Å². The first-order chi connectivity index (χ1) is 7.45. The van der Waals surface area contributed by atoms with E-state index in [2.05, 4.69) is 32.6 Å². The van der Waals surface area contributed by atoms with Crippen molar-refractivity contribution in [2.75, 3.05) is 27.3 Å². The lowest BCUT2D eigenvalue weighted by Crippen LogP contribution is -2.56. The number of nitrogens with zero attached hydrogens (tertiary/aromatic N) is 1. The molecule has 0 bridgehead atoms. The van der Waals surface area contributed by atoms with Gasteiger partial charge in [0.25, 0.3) is 0 Å². The molecular weight excluding hydrogens is 204 g/mol. The van der Waals surface area contributed by atoms with E-state index in [-0.39, 0.29) is 11.8 Å². The predicted molar refractivity (Wildman–Crippen MR) is 67.4 cm³/mol. The molecule has 0 saturated carbocycles. The third-order valence-corrected chi connectivity index (χ3v) is 3.23. The lowest BCUT2D eigenvalue weighted by Gasteiger charge is -2.44. The molecule has 1 atom stereocenters. The Labute approximate surface area is 100 Å². The van der Waals surface area contributed by atoms with Gasteiger partial charge in [0.2, 0.25) is 0 Å². The van der Waals surface area contributed by atoms with Crippen LogP contribution in [0.4, 0.5) is 0 Å². The number of rotatable bonds is 8. The van der Waals surface area contributed by atoms with Crippen LogP contribution >= 0.6 is 0 Å². The minimum absolute atomic E-state index is 0.0837. The molecule has 0 saturated heterocycles. The van der Waals surface area contributed by atoms with Crippen molar-refractivity contribution in [2.45, 2.75) is 52.0 Å². The summed E-state index contributed by atoms with van der Waals surface area (Å²) >= 11 is 0. The van der Waals surface area contributed by atoms with Gasteiger partial charge in [0.1, 0.15) is 0 Å². The summed E-state index contributed by atoms with van der Waals surface area (Å²) in [4.78, 5) is 2.39. The lowest BCUT2D eigenvalue weighted by atomic mass is 9.93. The third-order valence-electron chi connectivity index (χ3n) is 3.23. The minimum atomic E-state index is -0.193. The highest BCUT2D eigenvalue weighted by molar-refractivity contribution is 4.89. The lowest BCUT2D eigenvalue weighted by molar-refractivity contribution is -0.130. The molecular formula is C12H28N2O2. The van der Waals surface area contributed by atoms with E-state index in [9.17, 15) is 0 Å². The van der Waals surface area contributed by atoms with E-state index in [1.165, 1.54) is 0 Å². The predicted octanol–water partition coefficient (Wildman–Crippen LogP) is 1.44. The van der Waals surface area contributed by atoms with Gasteiger partial charge in [-0.2, -0.15) is 0 Å². The normalized spacial score (nSPS) is 16.1. The summed E-state index contributed by atoms with van der Waals surface area (Å²) in [6.45, 7) is 10.3. The molecule has 4 heteroatoms. The van der Waals surface area contributed by atoms with Crippen LogP contribution in [0.1, 0.15) is 34.1 Å². The van der Waals surface area contributed by atoms with Gasteiger partial charge in [-0.3, -0.25) is 4.90 Å². The molecule has 0 aliphatic heterocycles. The van der Waals surface area contributed by atoms with Crippen molar-refractivity contribution in [1.82, 2.24) is 4.90 Å². The molecule has 0 spiro atoms. The fourth-order valence-electron chi connectivity index (χ4n) is 2.31. The molecule has 0 aromatic rings. The van der Waals surface area contributed by atoms with Crippen molar-refractivity contribution in [3.63, 3.8) is 0 Å². The van der Waals surface area contributed by atoms with Crippen LogP contribution in [0.2, 0.25) is 0 Å². The molecule has 4 nitrogen and oxygen atoms in total. The van der Waals surface area contributed by atoms with Crippen molar-refractivity contribution < 1.29 is 9.47 Å². The zero-order chi connectivity index (χ0) is 12.8. The van der Waals surface area contributed by atoms with E-state index in [0.29, 0.717) is 12.6 Å². The van der Waals surface area contributed by atoms with Gasteiger partial charge in [0.15, 0.2) is 6.29 Å². The molecule has 0 aliphatic carbocycles. The number of nitrogens with two attached hydrogens (primary N) is 1. The first-order valence-electron chi connectivity index (χ1n) is 5.97. The zero-order valence-corrected chi connectivity index (χ0v) is 11.6. The molecule has 0 aromatic carbocycles. The van der Waals surface area contributed by atoms with Crippen molar-refractivity contribution in [3.8, 4) is 0 Å². The summed E-state index contributed by atoms with van der Waals surface area (Å²) in [7, 11) is 3.33. The highest BCUT2D eigenvalue weighted by atomic mass is 16.7. The summed E-state index contributed by atoms with van der Waals surface area (Å²) in [5.41, 5.74) is 5.84. The Kier molecular flexibility index (Phi) is 7.15. The molecule has 0 amide bonds. The van der Waals surface area contributed by atoms with Crippen LogP contribution in [0.15, 0.2) is 0 Å². The topological polar surface area (TPSA) is 47.7 Å². The second-order valence-corrected chi connectivity index (χ2v) is 4.69. The standard InChI is InChI=1S/C12H28N2O2/c1-7-14(10(2)3)12(4,9-13)8-11(15-5)16-6/h10-11H,7-9,13H2,1-6H3. The number of hydrogen-bond acceptors (Lipinski definition) is 4. The van der Waals surface area contributed by atoms with Crippen LogP contribution in [0.3, 0.4) is 0 Å². The van der Waals surface area contributed by atoms with Crippen LogP contribution in [0.5, 0.6) is 0 Å². The van der Waals surface area contributed by atoms with E-state index in [4.69, 9.17) is 15.2 Å². The van der Waals surface area contributed by atoms with Gasteiger partial charge in [-0.1, -0.05) is 6.92 Å². The van der Waals surface area contributed by atoms with Crippen LogP contribution in [-0.2, 0) is 9.47 Å². The van der Waals surface area contributed by atoms with Crippen LogP contribution in [-0.4, -0.2) is 50.1 Å². The molecule has 0 fully saturated rings. The maximum absolute atomic E-state index is 5.93. The first-order valence-corrected chi connectivity index (χ1v) is 5.97. The second-order valence-electron chi connectivity index (χ2n) is 4.69. The quantitative estimate of drug-likeness (QED) is 0.643. The number of hydrogen-bond donors (Lipinski definition) is 1. The van der Waals surface area contributed by atoms with Gasteiger partial charge in [-0.15, -0.1) is 0 Å². The van der Waals surface area contributed by atoms with Gasteiger partial charge in [0.05, 0.1) is 0 Å². The molecule has 0 aliphatic rings. The average molecular weight is 232 g/mol. The molecule has 0 aromatic heterocycles. The Morgan fingerprint density at radius 1 is 1.25 bits per heavy atom. The Balaban J connectivity index is 4.73. The van der Waals surface area contributed by atoms with Crippen LogP contribution in [0.25, 0.3) is 0 Å². The van der Waals surface area contributed by atoms with Crippen LogP contribution in [0, 0.1) is 0 Å². The second kappa shape index (κ2) is 7.22. The summed E-state index contributed by atoms with van der Waals surface area (Å²) in [6, 6.07) is 0.466. The van der Waals surface area contributed by atoms with Gasteiger partial charge < -0.3 is 15.2 Å². The summed E-state index contributed by atoms with van der Waals surface area (Å²) in [5.74, 6) is 0. The summed E-state index contributed by atoms with van der Waals surface area (Å²) in [5, 5.41) is 0. The average Bonchev–Trinajstić information content (AvgIpc) is 2.26. The molecule has 0 rings (SSSR count). The molecule has 2 N–H and O–H groups in total. The molecule has 16 heavy (non-hydrogen) atoms. The molecule has 0 radical (unpaired) electrons. The van der Waals surface area contributed by atoms with Gasteiger partial charge in [-0.25, -0.2) is 0 Å². The third kappa shape index (κ3) is 4.01. The van der Waals surface area contributed by atoms with E-state index < -0.39 is 0 Å². The molecule has 98 valence electrons. The van der Waals surface area contributed by atoms with E-state index in [1.54, 1.807) is 14.2 Å². The number of methoxy groups -OCH3 is 2. The van der Waals surface area contributed by atoms with Gasteiger partial charge in [0, 0.05) is 38.8 Å². The monoisotopic (exact) mass is 232 g/mol. The Morgan fingerprint density at radius 2 is 1.75 bits per heavy atom. The zero-order valence-electron chi connectivity index (χ0n) is 11.6. The fourth-order valence-corrected chi connectivity index (χ4v) is 2.31. The van der Waals surface area contributed by atoms with Crippen molar-refractivity contribution in [1.29, 1.82) is 0 Å². The smallest absolute Gasteiger partial charge is 0.158 e. The highest BCUT2D eigenvalue weighted by Gasteiger charge is 2.34. The highest BCUT2D eigenvalue weighted by Crippen LogP contribution is 2.23.